The molecule has 2 heteroatoms. The zero-order valence-corrected chi connectivity index (χ0v) is 13.8. The second-order valence-corrected chi connectivity index (χ2v) is 7.77. The number of aromatic hydroxyl groups is 1. The maximum atomic E-state index is 10.5. The van der Waals surface area contributed by atoms with Gasteiger partial charge in [-0.1, -0.05) is 53.7 Å². The number of hydrogen-bond acceptors (Lipinski definition) is 2. The van der Waals surface area contributed by atoms with Gasteiger partial charge in [0, 0.05) is 12.1 Å². The Morgan fingerprint density at radius 2 is 1.47 bits per heavy atom. The summed E-state index contributed by atoms with van der Waals surface area (Å²) in [5, 5.41) is 10.5. The highest BCUT2D eigenvalue weighted by atomic mass is 16.3. The first-order valence-corrected chi connectivity index (χ1v) is 6.94. The molecule has 108 valence electrons. The molecule has 0 heterocycles. The monoisotopic (exact) mass is 263 g/mol. The average Bonchev–Trinajstić information content (AvgIpc) is 2.16. The van der Waals surface area contributed by atoms with Gasteiger partial charge in [0.05, 0.1) is 0 Å². The highest BCUT2D eigenvalue weighted by Gasteiger charge is 2.24. The summed E-state index contributed by atoms with van der Waals surface area (Å²) in [6.45, 7) is 13.8. The molecule has 0 aliphatic rings. The molecule has 1 aromatic carbocycles. The highest BCUT2D eigenvalue weighted by Crippen LogP contribution is 2.37. The molecule has 0 amide bonds. The first-order chi connectivity index (χ1) is 8.43. The Labute approximate surface area is 118 Å². The maximum Gasteiger partial charge on any atom is 0.123 e. The Kier molecular flexibility index (Phi) is 4.36. The molecule has 19 heavy (non-hydrogen) atoms. The predicted molar refractivity (Wildman–Crippen MR) is 82.9 cm³/mol. The van der Waals surface area contributed by atoms with Crippen LogP contribution in [-0.4, -0.2) is 24.1 Å². The van der Waals surface area contributed by atoms with Crippen LogP contribution in [0.1, 0.15) is 58.2 Å². The van der Waals surface area contributed by atoms with Crippen LogP contribution in [0.15, 0.2) is 12.1 Å². The van der Waals surface area contributed by atoms with Crippen molar-refractivity contribution in [1.82, 2.24) is 4.90 Å². The smallest absolute Gasteiger partial charge is 0.123 e. The summed E-state index contributed by atoms with van der Waals surface area (Å²) in [5.41, 5.74) is 3.38. The summed E-state index contributed by atoms with van der Waals surface area (Å²) in [7, 11) is 4.06. The molecule has 0 aliphatic carbocycles. The number of nitrogens with zero attached hydrogens (tertiary/aromatic N) is 1. The second kappa shape index (κ2) is 5.16. The van der Waals surface area contributed by atoms with Gasteiger partial charge in [0.1, 0.15) is 5.75 Å². The van der Waals surface area contributed by atoms with E-state index in [1.807, 2.05) is 14.1 Å². The lowest BCUT2D eigenvalue weighted by molar-refractivity contribution is 0.378. The molecular formula is C17H29NO. The standard InChI is InChI=1S/C17H29NO/c1-16(2,3)13-9-12(11-18(7)8)15(19)14(10-13)17(4,5)6/h9-10,19H,11H2,1-8H3. The van der Waals surface area contributed by atoms with E-state index in [4.69, 9.17) is 0 Å². The molecule has 0 spiro atoms. The van der Waals surface area contributed by atoms with Gasteiger partial charge in [-0.25, -0.2) is 0 Å². The molecule has 0 saturated heterocycles. The van der Waals surface area contributed by atoms with Crippen LogP contribution in [0.5, 0.6) is 5.75 Å². The molecule has 1 rings (SSSR count). The maximum absolute atomic E-state index is 10.5. The van der Waals surface area contributed by atoms with Crippen molar-refractivity contribution < 1.29 is 5.11 Å². The first kappa shape index (κ1) is 16.0. The third kappa shape index (κ3) is 3.97. The summed E-state index contributed by atoms with van der Waals surface area (Å²) < 4.78 is 0. The van der Waals surface area contributed by atoms with Crippen molar-refractivity contribution in [3.05, 3.63) is 28.8 Å². The number of phenolic OH excluding ortho intramolecular Hbond substituents is 1. The van der Waals surface area contributed by atoms with Crippen molar-refractivity contribution in [2.75, 3.05) is 14.1 Å². The van der Waals surface area contributed by atoms with Crippen molar-refractivity contribution in [1.29, 1.82) is 0 Å². The molecule has 2 nitrogen and oxygen atoms in total. The normalized spacial score (nSPS) is 13.1. The molecule has 0 aliphatic heterocycles. The van der Waals surface area contributed by atoms with Gasteiger partial charge >= 0.3 is 0 Å². The lowest BCUT2D eigenvalue weighted by Crippen LogP contribution is -2.19. The van der Waals surface area contributed by atoms with E-state index < -0.39 is 0 Å². The fraction of sp³-hybridized carbons (Fsp3) is 0.647. The Hall–Kier alpha value is -1.02. The predicted octanol–water partition coefficient (Wildman–Crippen LogP) is 4.05. The minimum absolute atomic E-state index is 0.0492. The molecule has 0 fully saturated rings. The third-order valence-corrected chi connectivity index (χ3v) is 3.35. The van der Waals surface area contributed by atoms with Gasteiger partial charge in [0.15, 0.2) is 0 Å². The molecule has 0 bridgehead atoms. The van der Waals surface area contributed by atoms with Crippen LogP contribution in [0.2, 0.25) is 0 Å². The molecule has 0 aromatic heterocycles. The summed E-state index contributed by atoms with van der Waals surface area (Å²) >= 11 is 0. The lowest BCUT2D eigenvalue weighted by atomic mass is 9.79. The zero-order valence-electron chi connectivity index (χ0n) is 13.8. The van der Waals surface area contributed by atoms with Gasteiger partial charge in [-0.15, -0.1) is 0 Å². The molecule has 0 unspecified atom stereocenters. The highest BCUT2D eigenvalue weighted by molar-refractivity contribution is 5.48. The number of rotatable bonds is 2. The van der Waals surface area contributed by atoms with Crippen molar-refractivity contribution in [2.45, 2.75) is 58.9 Å². The SMILES string of the molecule is CN(C)Cc1cc(C(C)(C)C)cc(C(C)(C)C)c1O. The fourth-order valence-electron chi connectivity index (χ4n) is 2.16. The van der Waals surface area contributed by atoms with Crippen molar-refractivity contribution >= 4 is 0 Å². The summed E-state index contributed by atoms with van der Waals surface area (Å²) in [5.74, 6) is 0.453. The van der Waals surface area contributed by atoms with E-state index in [9.17, 15) is 5.11 Å². The summed E-state index contributed by atoms with van der Waals surface area (Å²) in [4.78, 5) is 2.09. The van der Waals surface area contributed by atoms with E-state index in [0.717, 1.165) is 17.7 Å². The Balaban J connectivity index is 3.48. The van der Waals surface area contributed by atoms with E-state index in [-0.39, 0.29) is 10.8 Å². The van der Waals surface area contributed by atoms with E-state index in [1.54, 1.807) is 0 Å². The largest absolute Gasteiger partial charge is 0.507 e. The zero-order chi connectivity index (χ0) is 15.0. The third-order valence-electron chi connectivity index (χ3n) is 3.35. The van der Waals surface area contributed by atoms with Gasteiger partial charge in [-0.05, 0) is 36.1 Å². The van der Waals surface area contributed by atoms with Gasteiger partial charge in [-0.3, -0.25) is 0 Å². The minimum Gasteiger partial charge on any atom is -0.507 e. The topological polar surface area (TPSA) is 23.5 Å². The average molecular weight is 263 g/mol. The van der Waals surface area contributed by atoms with Crippen LogP contribution < -0.4 is 0 Å². The Morgan fingerprint density at radius 1 is 0.947 bits per heavy atom. The van der Waals surface area contributed by atoms with Crippen LogP contribution in [0.4, 0.5) is 0 Å². The lowest BCUT2D eigenvalue weighted by Gasteiger charge is -2.28. The fourth-order valence-corrected chi connectivity index (χ4v) is 2.16. The summed E-state index contributed by atoms with van der Waals surface area (Å²) in [6, 6.07) is 4.30. The van der Waals surface area contributed by atoms with Crippen molar-refractivity contribution in [3.63, 3.8) is 0 Å². The van der Waals surface area contributed by atoms with E-state index in [1.165, 1.54) is 5.56 Å². The van der Waals surface area contributed by atoms with E-state index >= 15 is 0 Å². The van der Waals surface area contributed by atoms with Crippen LogP contribution in [0, 0.1) is 0 Å². The quantitative estimate of drug-likeness (QED) is 0.870. The molecular weight excluding hydrogens is 234 g/mol. The van der Waals surface area contributed by atoms with Crippen LogP contribution in [-0.2, 0) is 17.4 Å². The molecule has 1 N–H and O–H groups in total. The van der Waals surface area contributed by atoms with Gasteiger partial charge in [-0.2, -0.15) is 0 Å². The molecule has 1 aromatic rings. The second-order valence-electron chi connectivity index (χ2n) is 7.77. The Bertz CT molecular complexity index is 448. The van der Waals surface area contributed by atoms with Crippen LogP contribution in [0.25, 0.3) is 0 Å². The van der Waals surface area contributed by atoms with Crippen molar-refractivity contribution in [3.8, 4) is 5.75 Å². The van der Waals surface area contributed by atoms with Crippen molar-refractivity contribution in [2.24, 2.45) is 0 Å². The van der Waals surface area contributed by atoms with E-state index in [0.29, 0.717) is 5.75 Å². The van der Waals surface area contributed by atoms with Gasteiger partial charge < -0.3 is 10.0 Å². The Morgan fingerprint density at radius 3 is 1.84 bits per heavy atom. The number of hydrogen-bond donors (Lipinski definition) is 1. The minimum atomic E-state index is -0.0492. The van der Waals surface area contributed by atoms with E-state index in [2.05, 4.69) is 58.6 Å². The van der Waals surface area contributed by atoms with Gasteiger partial charge in [0.2, 0.25) is 0 Å². The number of benzene rings is 1. The first-order valence-electron chi connectivity index (χ1n) is 6.94. The number of phenols is 1. The molecule has 0 atom stereocenters. The van der Waals surface area contributed by atoms with Crippen LogP contribution >= 0.6 is 0 Å². The summed E-state index contributed by atoms with van der Waals surface area (Å²) in [6.07, 6.45) is 0. The molecule has 0 saturated carbocycles. The molecule has 0 radical (unpaired) electrons. The van der Waals surface area contributed by atoms with Crippen LogP contribution in [0.3, 0.4) is 0 Å². The van der Waals surface area contributed by atoms with Gasteiger partial charge in [0.25, 0.3) is 0 Å².